The third kappa shape index (κ3) is 4.69. The highest BCUT2D eigenvalue weighted by Crippen LogP contribution is 2.31. The molecule has 1 aliphatic heterocycles. The number of nitrogens with zero attached hydrogens (tertiary/aromatic N) is 2. The fourth-order valence-electron chi connectivity index (χ4n) is 3.99. The maximum Gasteiger partial charge on any atom is 0.221 e. The Morgan fingerprint density at radius 2 is 2.14 bits per heavy atom. The average molecular weight is 395 g/mol. The Balaban J connectivity index is 1.41. The fraction of sp³-hybridized carbons (Fsp3) is 0.364. The molecule has 0 radical (unpaired) electrons. The molecule has 1 fully saturated rings. The molecule has 1 amide bonds. The maximum absolute atomic E-state index is 11.2. The van der Waals surface area contributed by atoms with Gasteiger partial charge < -0.3 is 5.32 Å². The summed E-state index contributed by atoms with van der Waals surface area (Å²) >= 11 is 1.66. The van der Waals surface area contributed by atoms with Crippen LogP contribution in [0.5, 0.6) is 0 Å². The SMILES string of the molecule is CC(=O)Nc1ccc(CN2CCCC(c3[nH]ncc3Cc3ccccc3)C2)s1. The highest BCUT2D eigenvalue weighted by Gasteiger charge is 2.25. The smallest absolute Gasteiger partial charge is 0.221 e. The van der Waals surface area contributed by atoms with Crippen LogP contribution in [0.3, 0.4) is 0 Å². The number of aromatic amines is 1. The molecule has 5 nitrogen and oxygen atoms in total. The topological polar surface area (TPSA) is 61.0 Å². The van der Waals surface area contributed by atoms with Gasteiger partial charge in [0.25, 0.3) is 0 Å². The van der Waals surface area contributed by atoms with E-state index in [1.165, 1.54) is 34.5 Å². The van der Waals surface area contributed by atoms with Gasteiger partial charge in [-0.3, -0.25) is 14.8 Å². The summed E-state index contributed by atoms with van der Waals surface area (Å²) in [6, 6.07) is 14.7. The second kappa shape index (κ2) is 8.71. The molecular weight excluding hydrogens is 368 g/mol. The molecule has 3 heterocycles. The molecule has 0 bridgehead atoms. The molecule has 2 N–H and O–H groups in total. The van der Waals surface area contributed by atoms with Gasteiger partial charge in [-0.15, -0.1) is 11.3 Å². The third-order valence-electron chi connectivity index (χ3n) is 5.24. The van der Waals surface area contributed by atoms with Crippen LogP contribution in [-0.4, -0.2) is 34.1 Å². The van der Waals surface area contributed by atoms with E-state index in [1.807, 2.05) is 12.3 Å². The first-order valence-electron chi connectivity index (χ1n) is 9.82. The summed E-state index contributed by atoms with van der Waals surface area (Å²) in [5.74, 6) is 0.473. The third-order valence-corrected chi connectivity index (χ3v) is 6.23. The Bertz CT molecular complexity index is 918. The number of benzene rings is 1. The summed E-state index contributed by atoms with van der Waals surface area (Å²) in [7, 11) is 0. The predicted octanol–water partition coefficient (Wildman–Crippen LogP) is 4.40. The van der Waals surface area contributed by atoms with E-state index in [4.69, 9.17) is 0 Å². The summed E-state index contributed by atoms with van der Waals surface area (Å²) in [4.78, 5) is 15.0. The van der Waals surface area contributed by atoms with Crippen molar-refractivity contribution in [1.82, 2.24) is 15.1 Å². The first-order valence-corrected chi connectivity index (χ1v) is 10.6. The lowest BCUT2D eigenvalue weighted by atomic mass is 9.91. The number of H-pyrrole nitrogens is 1. The number of carbonyl (C=O) groups excluding carboxylic acids is 1. The van der Waals surface area contributed by atoms with Gasteiger partial charge in [0.05, 0.1) is 11.2 Å². The molecule has 1 saturated heterocycles. The van der Waals surface area contributed by atoms with E-state index < -0.39 is 0 Å². The van der Waals surface area contributed by atoms with E-state index in [-0.39, 0.29) is 5.91 Å². The minimum Gasteiger partial charge on any atom is -0.318 e. The Labute approximate surface area is 169 Å². The van der Waals surface area contributed by atoms with Crippen molar-refractivity contribution in [2.75, 3.05) is 18.4 Å². The van der Waals surface area contributed by atoms with Crippen molar-refractivity contribution < 1.29 is 4.79 Å². The van der Waals surface area contributed by atoms with Gasteiger partial charge in [0, 0.05) is 42.9 Å². The first-order chi connectivity index (χ1) is 13.7. The van der Waals surface area contributed by atoms with Gasteiger partial charge >= 0.3 is 0 Å². The number of likely N-dealkylation sites (tertiary alicyclic amines) is 1. The van der Waals surface area contributed by atoms with Crippen molar-refractivity contribution in [1.29, 1.82) is 0 Å². The van der Waals surface area contributed by atoms with Crippen LogP contribution in [-0.2, 0) is 17.8 Å². The van der Waals surface area contributed by atoms with E-state index in [2.05, 4.69) is 56.8 Å². The van der Waals surface area contributed by atoms with Crippen molar-refractivity contribution >= 4 is 22.2 Å². The first kappa shape index (κ1) is 18.9. The highest BCUT2D eigenvalue weighted by molar-refractivity contribution is 7.16. The number of rotatable bonds is 6. The molecule has 1 atom stereocenters. The van der Waals surface area contributed by atoms with Crippen LogP contribution in [0, 0.1) is 0 Å². The van der Waals surface area contributed by atoms with Gasteiger partial charge in [-0.2, -0.15) is 5.10 Å². The van der Waals surface area contributed by atoms with Crippen LogP contribution in [0.25, 0.3) is 0 Å². The van der Waals surface area contributed by atoms with E-state index in [0.29, 0.717) is 5.92 Å². The fourth-order valence-corrected chi connectivity index (χ4v) is 4.99. The van der Waals surface area contributed by atoms with Crippen molar-refractivity contribution in [2.24, 2.45) is 0 Å². The largest absolute Gasteiger partial charge is 0.318 e. The number of nitrogens with one attached hydrogen (secondary N) is 2. The molecule has 0 saturated carbocycles. The van der Waals surface area contributed by atoms with Gasteiger partial charge in [-0.25, -0.2) is 0 Å². The van der Waals surface area contributed by atoms with E-state index in [1.54, 1.807) is 18.3 Å². The monoisotopic (exact) mass is 394 g/mol. The van der Waals surface area contributed by atoms with E-state index >= 15 is 0 Å². The molecule has 0 spiro atoms. The number of piperidine rings is 1. The second-order valence-electron chi connectivity index (χ2n) is 7.49. The van der Waals surface area contributed by atoms with Crippen LogP contribution in [0.4, 0.5) is 5.00 Å². The van der Waals surface area contributed by atoms with Crippen LogP contribution < -0.4 is 5.32 Å². The van der Waals surface area contributed by atoms with Crippen molar-refractivity contribution in [3.8, 4) is 0 Å². The number of hydrogen-bond acceptors (Lipinski definition) is 4. The normalized spacial score (nSPS) is 17.5. The minimum atomic E-state index is -0.0170. The summed E-state index contributed by atoms with van der Waals surface area (Å²) in [6.45, 7) is 4.64. The van der Waals surface area contributed by atoms with Gasteiger partial charge in [0.2, 0.25) is 5.91 Å². The Hall–Kier alpha value is -2.44. The highest BCUT2D eigenvalue weighted by atomic mass is 32.1. The van der Waals surface area contributed by atoms with Crippen LogP contribution in [0.15, 0.2) is 48.7 Å². The average Bonchev–Trinajstić information content (AvgIpc) is 3.32. The molecule has 1 aliphatic rings. The number of aromatic nitrogens is 2. The summed E-state index contributed by atoms with van der Waals surface area (Å²) in [6.07, 6.45) is 5.30. The van der Waals surface area contributed by atoms with Gasteiger partial charge in [0.1, 0.15) is 0 Å². The van der Waals surface area contributed by atoms with Crippen molar-refractivity contribution in [2.45, 2.75) is 38.6 Å². The zero-order valence-electron chi connectivity index (χ0n) is 16.1. The number of amides is 1. The Morgan fingerprint density at radius 1 is 1.29 bits per heavy atom. The van der Waals surface area contributed by atoms with Crippen LogP contribution in [0.2, 0.25) is 0 Å². The van der Waals surface area contributed by atoms with Gasteiger partial charge in [-0.1, -0.05) is 30.3 Å². The zero-order chi connectivity index (χ0) is 19.3. The van der Waals surface area contributed by atoms with Crippen LogP contribution >= 0.6 is 11.3 Å². The molecule has 0 aliphatic carbocycles. The van der Waals surface area contributed by atoms with Gasteiger partial charge in [-0.05, 0) is 42.6 Å². The molecule has 28 heavy (non-hydrogen) atoms. The van der Waals surface area contributed by atoms with Crippen molar-refractivity contribution in [3.05, 3.63) is 70.4 Å². The Kier molecular flexibility index (Phi) is 5.88. The Morgan fingerprint density at radius 3 is 2.96 bits per heavy atom. The predicted molar refractivity (Wildman–Crippen MR) is 114 cm³/mol. The van der Waals surface area contributed by atoms with Crippen molar-refractivity contribution in [3.63, 3.8) is 0 Å². The van der Waals surface area contributed by atoms with E-state index in [0.717, 1.165) is 31.1 Å². The minimum absolute atomic E-state index is 0.0170. The molecule has 6 heteroatoms. The van der Waals surface area contributed by atoms with E-state index in [9.17, 15) is 4.79 Å². The summed E-state index contributed by atoms with van der Waals surface area (Å²) in [5, 5.41) is 11.4. The maximum atomic E-state index is 11.2. The lowest BCUT2D eigenvalue weighted by Gasteiger charge is -2.32. The number of thiophene rings is 1. The molecule has 4 rings (SSSR count). The molecule has 2 aromatic heterocycles. The number of hydrogen-bond donors (Lipinski definition) is 2. The molecular formula is C22H26N4OS. The summed E-state index contributed by atoms with van der Waals surface area (Å²) < 4.78 is 0. The number of carbonyl (C=O) groups is 1. The van der Waals surface area contributed by atoms with Crippen LogP contribution in [0.1, 0.15) is 47.4 Å². The quantitative estimate of drug-likeness (QED) is 0.651. The standard InChI is InChI=1S/C22H26N4OS/c1-16(27)24-21-10-9-20(28-21)15-26-11-5-8-18(14-26)22-19(13-23-25-22)12-17-6-3-2-4-7-17/h2-4,6-7,9-10,13,18H,5,8,11-12,14-15H2,1H3,(H,23,25)(H,24,27). The zero-order valence-corrected chi connectivity index (χ0v) is 17.0. The lowest BCUT2D eigenvalue weighted by molar-refractivity contribution is -0.114. The summed E-state index contributed by atoms with van der Waals surface area (Å²) in [5.41, 5.74) is 3.92. The molecule has 146 valence electrons. The molecule has 3 aromatic rings. The molecule has 1 unspecified atom stereocenters. The molecule has 1 aromatic carbocycles. The lowest BCUT2D eigenvalue weighted by Crippen LogP contribution is -2.34. The number of anilines is 1. The van der Waals surface area contributed by atoms with Gasteiger partial charge in [0.15, 0.2) is 0 Å². The second-order valence-corrected chi connectivity index (χ2v) is 8.66.